The molecule has 0 radical (unpaired) electrons. The normalized spacial score (nSPS) is 15.6. The Labute approximate surface area is 180 Å². The van der Waals surface area contributed by atoms with Crippen LogP contribution in [0.15, 0.2) is 83.8 Å². The van der Waals surface area contributed by atoms with Gasteiger partial charge in [0.1, 0.15) is 11.6 Å². The van der Waals surface area contributed by atoms with Crippen molar-refractivity contribution in [1.82, 2.24) is 5.32 Å². The fourth-order valence-electron chi connectivity index (χ4n) is 3.38. The molecular weight excluding hydrogens is 419 g/mol. The second kappa shape index (κ2) is 8.77. The van der Waals surface area contributed by atoms with Gasteiger partial charge < -0.3 is 10.1 Å². The summed E-state index contributed by atoms with van der Waals surface area (Å²) in [6.45, 7) is 0.175. The maximum Gasteiger partial charge on any atom is 0.264 e. The molecule has 31 heavy (non-hydrogen) atoms. The van der Waals surface area contributed by atoms with Gasteiger partial charge in [0.2, 0.25) is 0 Å². The lowest BCUT2D eigenvalue weighted by Gasteiger charge is -2.34. The summed E-state index contributed by atoms with van der Waals surface area (Å²) >= 11 is 0. The highest BCUT2D eigenvalue weighted by Gasteiger charge is 2.37. The third-order valence-corrected chi connectivity index (χ3v) is 6.78. The quantitative estimate of drug-likeness (QED) is 0.639. The molecule has 3 aromatic rings. The average Bonchev–Trinajstić information content (AvgIpc) is 2.80. The molecule has 1 aliphatic rings. The van der Waals surface area contributed by atoms with Gasteiger partial charge in [0, 0.05) is 6.54 Å². The van der Waals surface area contributed by atoms with Gasteiger partial charge >= 0.3 is 0 Å². The van der Waals surface area contributed by atoms with Crippen molar-refractivity contribution in [2.45, 2.75) is 17.4 Å². The Hall–Kier alpha value is -3.39. The van der Waals surface area contributed by atoms with Crippen molar-refractivity contribution in [3.8, 4) is 5.75 Å². The van der Waals surface area contributed by atoms with Crippen LogP contribution in [0.2, 0.25) is 0 Å². The van der Waals surface area contributed by atoms with E-state index in [1.54, 1.807) is 54.6 Å². The third kappa shape index (κ3) is 4.54. The highest BCUT2D eigenvalue weighted by atomic mass is 32.2. The number of fused-ring (bicyclic) bond motifs is 1. The first kappa shape index (κ1) is 20.9. The summed E-state index contributed by atoms with van der Waals surface area (Å²) < 4.78 is 46.5. The standard InChI is InChI=1S/C23H21FN2O4S/c24-18-12-10-17(11-13-18)14-15-25-23(27)22-16-26(20-8-4-5-9-21(20)30-22)31(28,29)19-6-2-1-3-7-19/h1-13,22H,14-16H2,(H,25,27)/t22-/m0/s1. The molecule has 3 aromatic carbocycles. The van der Waals surface area contributed by atoms with Gasteiger partial charge in [-0.2, -0.15) is 0 Å². The minimum absolute atomic E-state index is 0.141. The molecular formula is C23H21FN2O4S. The number of anilines is 1. The second-order valence-electron chi connectivity index (χ2n) is 7.09. The predicted octanol–water partition coefficient (Wildman–Crippen LogP) is 3.14. The SMILES string of the molecule is O=C(NCCc1ccc(F)cc1)[C@@H]1CN(S(=O)(=O)c2ccccc2)c2ccccc2O1. The van der Waals surface area contributed by atoms with E-state index >= 15 is 0 Å². The summed E-state index contributed by atoms with van der Waals surface area (Å²) in [5.74, 6) is -0.404. The van der Waals surface area contributed by atoms with Crippen LogP contribution >= 0.6 is 0 Å². The third-order valence-electron chi connectivity index (χ3n) is 4.98. The number of rotatable bonds is 6. The molecule has 8 heteroatoms. The van der Waals surface area contributed by atoms with Crippen molar-refractivity contribution in [1.29, 1.82) is 0 Å². The molecule has 0 spiro atoms. The summed E-state index contributed by atoms with van der Waals surface area (Å²) in [5.41, 5.74) is 1.27. The zero-order valence-electron chi connectivity index (χ0n) is 16.6. The topological polar surface area (TPSA) is 75.7 Å². The number of carbonyl (C=O) groups excluding carboxylic acids is 1. The highest BCUT2D eigenvalue weighted by Crippen LogP contribution is 2.36. The van der Waals surface area contributed by atoms with E-state index in [1.807, 2.05) is 0 Å². The Morgan fingerprint density at radius 3 is 2.42 bits per heavy atom. The Morgan fingerprint density at radius 2 is 1.68 bits per heavy atom. The number of nitrogens with one attached hydrogen (secondary N) is 1. The van der Waals surface area contributed by atoms with Crippen LogP contribution in [-0.4, -0.2) is 33.5 Å². The van der Waals surface area contributed by atoms with Gasteiger partial charge in [0.05, 0.1) is 17.1 Å². The van der Waals surface area contributed by atoms with Crippen molar-refractivity contribution in [2.75, 3.05) is 17.4 Å². The van der Waals surface area contributed by atoms with E-state index in [2.05, 4.69) is 5.32 Å². The molecule has 0 unspecified atom stereocenters. The lowest BCUT2D eigenvalue weighted by Crippen LogP contribution is -2.50. The first-order valence-electron chi connectivity index (χ1n) is 9.81. The smallest absolute Gasteiger partial charge is 0.264 e. The van der Waals surface area contributed by atoms with Crippen LogP contribution in [-0.2, 0) is 21.2 Å². The molecule has 6 nitrogen and oxygen atoms in total. The molecule has 0 aliphatic carbocycles. The highest BCUT2D eigenvalue weighted by molar-refractivity contribution is 7.92. The van der Waals surface area contributed by atoms with Crippen LogP contribution in [0.1, 0.15) is 5.56 Å². The number of sulfonamides is 1. The summed E-state index contributed by atoms with van der Waals surface area (Å²) in [6, 6.07) is 20.9. The summed E-state index contributed by atoms with van der Waals surface area (Å²) in [5, 5.41) is 2.78. The average molecular weight is 440 g/mol. The first-order valence-corrected chi connectivity index (χ1v) is 11.2. The number of hydrogen-bond acceptors (Lipinski definition) is 4. The number of hydrogen-bond donors (Lipinski definition) is 1. The summed E-state index contributed by atoms with van der Waals surface area (Å²) in [4.78, 5) is 12.9. The monoisotopic (exact) mass is 440 g/mol. The van der Waals surface area contributed by atoms with Gasteiger partial charge in [-0.15, -0.1) is 0 Å². The van der Waals surface area contributed by atoms with Gasteiger partial charge in [-0.05, 0) is 48.4 Å². The van der Waals surface area contributed by atoms with Gasteiger partial charge in [0.25, 0.3) is 15.9 Å². The fraction of sp³-hybridized carbons (Fsp3) is 0.174. The molecule has 1 aliphatic heterocycles. The van der Waals surface area contributed by atoms with Crippen molar-refractivity contribution in [3.05, 3.63) is 90.2 Å². The van der Waals surface area contributed by atoms with Gasteiger partial charge in [-0.3, -0.25) is 9.10 Å². The van der Waals surface area contributed by atoms with Crippen molar-refractivity contribution in [2.24, 2.45) is 0 Å². The van der Waals surface area contributed by atoms with E-state index in [0.717, 1.165) is 5.56 Å². The molecule has 0 fully saturated rings. The summed E-state index contributed by atoms with van der Waals surface area (Å²) in [6.07, 6.45) is -0.483. The molecule has 0 bridgehead atoms. The van der Waals surface area contributed by atoms with E-state index < -0.39 is 22.0 Å². The molecule has 4 rings (SSSR count). The Bertz CT molecular complexity index is 1170. The minimum atomic E-state index is -3.87. The lowest BCUT2D eigenvalue weighted by atomic mass is 10.1. The number of para-hydroxylation sites is 2. The first-order chi connectivity index (χ1) is 14.9. The van der Waals surface area contributed by atoms with Crippen LogP contribution < -0.4 is 14.4 Å². The largest absolute Gasteiger partial charge is 0.476 e. The number of amides is 1. The Kier molecular flexibility index (Phi) is 5.90. The number of benzene rings is 3. The van der Waals surface area contributed by atoms with Crippen molar-refractivity contribution >= 4 is 21.6 Å². The zero-order valence-corrected chi connectivity index (χ0v) is 17.4. The van der Waals surface area contributed by atoms with Crippen molar-refractivity contribution < 1.29 is 22.3 Å². The lowest BCUT2D eigenvalue weighted by molar-refractivity contribution is -0.127. The molecule has 0 aromatic heterocycles. The predicted molar refractivity (Wildman–Crippen MR) is 115 cm³/mol. The Morgan fingerprint density at radius 1 is 1.00 bits per heavy atom. The number of halogens is 1. The maximum atomic E-state index is 13.3. The molecule has 1 amide bonds. The second-order valence-corrected chi connectivity index (χ2v) is 8.95. The van der Waals surface area contributed by atoms with E-state index in [0.29, 0.717) is 24.4 Å². The van der Waals surface area contributed by atoms with Gasteiger partial charge in [-0.25, -0.2) is 12.8 Å². The van der Waals surface area contributed by atoms with Crippen LogP contribution in [0.3, 0.4) is 0 Å². The fourth-order valence-corrected chi connectivity index (χ4v) is 4.88. The minimum Gasteiger partial charge on any atom is -0.476 e. The number of nitrogens with zero attached hydrogens (tertiary/aromatic N) is 1. The molecule has 1 atom stereocenters. The number of ether oxygens (including phenoxy) is 1. The van der Waals surface area contributed by atoms with Crippen LogP contribution in [0.4, 0.5) is 10.1 Å². The van der Waals surface area contributed by atoms with Crippen LogP contribution in [0.5, 0.6) is 5.75 Å². The van der Waals surface area contributed by atoms with Gasteiger partial charge in [0.15, 0.2) is 6.10 Å². The van der Waals surface area contributed by atoms with E-state index in [-0.39, 0.29) is 17.3 Å². The summed E-state index contributed by atoms with van der Waals surface area (Å²) in [7, 11) is -3.87. The number of carbonyl (C=O) groups is 1. The van der Waals surface area contributed by atoms with E-state index in [4.69, 9.17) is 4.74 Å². The van der Waals surface area contributed by atoms with E-state index in [1.165, 1.54) is 28.6 Å². The maximum absolute atomic E-state index is 13.3. The van der Waals surface area contributed by atoms with Crippen LogP contribution in [0.25, 0.3) is 0 Å². The Balaban J connectivity index is 1.51. The molecule has 1 N–H and O–H groups in total. The molecule has 160 valence electrons. The van der Waals surface area contributed by atoms with E-state index in [9.17, 15) is 17.6 Å². The molecule has 0 saturated heterocycles. The zero-order chi connectivity index (χ0) is 21.8. The van der Waals surface area contributed by atoms with Crippen LogP contribution in [0, 0.1) is 5.82 Å². The molecule has 1 heterocycles. The van der Waals surface area contributed by atoms with Crippen molar-refractivity contribution in [3.63, 3.8) is 0 Å². The van der Waals surface area contributed by atoms with Gasteiger partial charge in [-0.1, -0.05) is 42.5 Å². The molecule has 0 saturated carbocycles.